The van der Waals surface area contributed by atoms with Gasteiger partial charge in [0.2, 0.25) is 5.95 Å². The lowest BCUT2D eigenvalue weighted by Crippen LogP contribution is -2.30. The molecule has 1 fully saturated rings. The average Bonchev–Trinajstić information content (AvgIpc) is 3.51. The van der Waals surface area contributed by atoms with Crippen LogP contribution in [0.15, 0.2) is 64.8 Å². The number of aliphatic hydroxyl groups excluding tert-OH is 1. The van der Waals surface area contributed by atoms with Crippen LogP contribution in [0.25, 0.3) is 16.8 Å². The molecule has 178 valence electrons. The molecule has 7 nitrogen and oxygen atoms in total. The van der Waals surface area contributed by atoms with Crippen molar-refractivity contribution < 1.29 is 19.1 Å². The first-order valence-corrected chi connectivity index (χ1v) is 11.5. The Hall–Kier alpha value is -4.13. The number of aliphatic hydroxyl groups is 1. The van der Waals surface area contributed by atoms with Crippen LogP contribution in [-0.2, 0) is 15.0 Å². The van der Waals surface area contributed by atoms with Crippen molar-refractivity contribution >= 4 is 34.4 Å². The van der Waals surface area contributed by atoms with Crippen LogP contribution in [0, 0.1) is 13.8 Å². The average molecular weight is 470 g/mol. The van der Waals surface area contributed by atoms with Crippen molar-refractivity contribution in [3.63, 3.8) is 0 Å². The van der Waals surface area contributed by atoms with E-state index < -0.39 is 17.7 Å². The summed E-state index contributed by atoms with van der Waals surface area (Å²) in [5, 5.41) is 11.5. The number of ketones is 1. The third-order valence-corrected chi connectivity index (χ3v) is 6.47. The summed E-state index contributed by atoms with van der Waals surface area (Å²) in [5.41, 5.74) is 4.55. The smallest absolute Gasteiger partial charge is 0.302 e. The van der Waals surface area contributed by atoms with E-state index in [1.807, 2.05) is 50.2 Å². The number of nitrogens with zero attached hydrogens (tertiary/aromatic N) is 2. The van der Waals surface area contributed by atoms with Crippen molar-refractivity contribution in [3.8, 4) is 0 Å². The number of aromatic amines is 1. The number of hydrogen-bond donors (Lipinski definition) is 2. The molecule has 0 bridgehead atoms. The van der Waals surface area contributed by atoms with Crippen molar-refractivity contribution in [3.05, 3.63) is 88.4 Å². The molecule has 7 heteroatoms. The molecule has 1 aliphatic heterocycles. The quantitative estimate of drug-likeness (QED) is 0.228. The van der Waals surface area contributed by atoms with E-state index in [9.17, 15) is 14.7 Å². The van der Waals surface area contributed by atoms with Gasteiger partial charge < -0.3 is 14.5 Å². The van der Waals surface area contributed by atoms with Crippen LogP contribution in [0.2, 0.25) is 0 Å². The molecule has 0 spiro atoms. The second-order valence-electron chi connectivity index (χ2n) is 10.0. The number of furan rings is 1. The van der Waals surface area contributed by atoms with Crippen LogP contribution in [0.4, 0.5) is 5.95 Å². The number of rotatable bonds is 3. The first-order valence-electron chi connectivity index (χ1n) is 11.5. The van der Waals surface area contributed by atoms with Gasteiger partial charge in [0.05, 0.1) is 22.9 Å². The molecule has 35 heavy (non-hydrogen) atoms. The van der Waals surface area contributed by atoms with Gasteiger partial charge in [0, 0.05) is 5.56 Å². The van der Waals surface area contributed by atoms with Gasteiger partial charge in [-0.05, 0) is 66.3 Å². The predicted molar refractivity (Wildman–Crippen MR) is 134 cm³/mol. The molecule has 3 heterocycles. The molecule has 0 radical (unpaired) electrons. The third kappa shape index (κ3) is 3.73. The van der Waals surface area contributed by atoms with E-state index >= 15 is 0 Å². The van der Waals surface area contributed by atoms with Crippen molar-refractivity contribution in [2.45, 2.75) is 46.1 Å². The van der Waals surface area contributed by atoms with Gasteiger partial charge in [0.25, 0.3) is 5.78 Å². The second kappa shape index (κ2) is 7.98. The van der Waals surface area contributed by atoms with Crippen molar-refractivity contribution in [2.75, 3.05) is 4.90 Å². The summed E-state index contributed by atoms with van der Waals surface area (Å²) in [6.07, 6.45) is 1.48. The Morgan fingerprint density at radius 2 is 1.86 bits per heavy atom. The number of aryl methyl sites for hydroxylation is 2. The molecule has 0 saturated carbocycles. The number of carbonyl (C=O) groups is 2. The molecule has 1 atom stereocenters. The number of hydrogen-bond acceptors (Lipinski definition) is 5. The molecule has 0 aliphatic carbocycles. The summed E-state index contributed by atoms with van der Waals surface area (Å²) in [6, 6.07) is 13.9. The van der Waals surface area contributed by atoms with Gasteiger partial charge in [-0.2, -0.15) is 0 Å². The molecule has 1 amide bonds. The fourth-order valence-corrected chi connectivity index (χ4v) is 4.48. The number of anilines is 1. The van der Waals surface area contributed by atoms with E-state index in [2.05, 4.69) is 30.7 Å². The zero-order chi connectivity index (χ0) is 25.1. The van der Waals surface area contributed by atoms with Crippen LogP contribution < -0.4 is 4.90 Å². The minimum absolute atomic E-state index is 0.0317. The summed E-state index contributed by atoms with van der Waals surface area (Å²) >= 11 is 0. The number of aromatic nitrogens is 2. The highest BCUT2D eigenvalue weighted by molar-refractivity contribution is 6.51. The van der Waals surface area contributed by atoms with Crippen LogP contribution in [-0.4, -0.2) is 26.8 Å². The lowest BCUT2D eigenvalue weighted by Gasteiger charge is -2.22. The molecule has 2 N–H and O–H groups in total. The Morgan fingerprint density at radius 3 is 2.54 bits per heavy atom. The monoisotopic (exact) mass is 469 g/mol. The fourth-order valence-electron chi connectivity index (χ4n) is 4.48. The highest BCUT2D eigenvalue weighted by atomic mass is 16.3. The van der Waals surface area contributed by atoms with Crippen molar-refractivity contribution in [1.82, 2.24) is 9.97 Å². The van der Waals surface area contributed by atoms with Gasteiger partial charge in [-0.1, -0.05) is 39.0 Å². The number of nitrogens with one attached hydrogen (secondary N) is 1. The Kier molecular flexibility index (Phi) is 5.16. The first-order chi connectivity index (χ1) is 16.6. The van der Waals surface area contributed by atoms with E-state index in [0.29, 0.717) is 16.8 Å². The number of Topliss-reactive ketones (excluding diaryl/α,β-unsaturated/α-hetero) is 1. The topological polar surface area (TPSA) is 99.4 Å². The summed E-state index contributed by atoms with van der Waals surface area (Å²) < 4.78 is 5.65. The molecule has 4 aromatic rings. The Bertz CT molecular complexity index is 1500. The summed E-state index contributed by atoms with van der Waals surface area (Å²) in [7, 11) is 0. The predicted octanol–water partition coefficient (Wildman–Crippen LogP) is 5.70. The minimum Gasteiger partial charge on any atom is -0.507 e. The van der Waals surface area contributed by atoms with E-state index in [4.69, 9.17) is 4.42 Å². The highest BCUT2D eigenvalue weighted by Gasteiger charge is 2.49. The highest BCUT2D eigenvalue weighted by Crippen LogP contribution is 2.42. The van der Waals surface area contributed by atoms with Crippen molar-refractivity contribution in [2.24, 2.45) is 0 Å². The van der Waals surface area contributed by atoms with Gasteiger partial charge >= 0.3 is 5.91 Å². The molecular weight excluding hydrogens is 442 g/mol. The van der Waals surface area contributed by atoms with Gasteiger partial charge in [-0.15, -0.1) is 0 Å². The first kappa shape index (κ1) is 22.7. The lowest BCUT2D eigenvalue weighted by molar-refractivity contribution is -0.132. The fraction of sp³-hybridized carbons (Fsp3) is 0.250. The molecule has 2 aromatic heterocycles. The van der Waals surface area contributed by atoms with Gasteiger partial charge in [0.15, 0.2) is 0 Å². The zero-order valence-electron chi connectivity index (χ0n) is 20.3. The number of carbonyl (C=O) groups excluding carboxylic acids is 2. The third-order valence-electron chi connectivity index (χ3n) is 6.47. The van der Waals surface area contributed by atoms with E-state index in [1.165, 1.54) is 11.2 Å². The van der Waals surface area contributed by atoms with Crippen LogP contribution >= 0.6 is 0 Å². The minimum atomic E-state index is -0.968. The summed E-state index contributed by atoms with van der Waals surface area (Å²) in [5.74, 6) is -1.24. The van der Waals surface area contributed by atoms with Crippen LogP contribution in [0.5, 0.6) is 0 Å². The summed E-state index contributed by atoms with van der Waals surface area (Å²) in [6.45, 7) is 10.1. The summed E-state index contributed by atoms with van der Waals surface area (Å²) in [4.78, 5) is 35.7. The maximum Gasteiger partial charge on any atom is 0.302 e. The molecule has 1 unspecified atom stereocenters. The van der Waals surface area contributed by atoms with Crippen molar-refractivity contribution in [1.29, 1.82) is 0 Å². The van der Waals surface area contributed by atoms with Gasteiger partial charge in [0.1, 0.15) is 17.6 Å². The number of benzene rings is 2. The lowest BCUT2D eigenvalue weighted by atomic mass is 9.84. The molecule has 2 aromatic carbocycles. The van der Waals surface area contributed by atoms with Crippen LogP contribution in [0.3, 0.4) is 0 Å². The Balaban J connectivity index is 1.72. The maximum atomic E-state index is 13.4. The molecule has 5 rings (SSSR count). The number of fused-ring (bicyclic) bond motifs is 1. The molecular formula is C28H27N3O4. The Morgan fingerprint density at radius 1 is 1.09 bits per heavy atom. The largest absolute Gasteiger partial charge is 0.507 e. The van der Waals surface area contributed by atoms with Gasteiger partial charge in [-0.25, -0.2) is 4.98 Å². The Labute approximate surface area is 203 Å². The van der Waals surface area contributed by atoms with E-state index in [-0.39, 0.29) is 22.7 Å². The van der Waals surface area contributed by atoms with Crippen LogP contribution in [0.1, 0.15) is 54.8 Å². The SMILES string of the molecule is Cc1ccc2nc(N3C(=O)C(=O)/C(=C(/O)c4cc(C(C)(C)C)ccc4C)C3c3ccco3)[nH]c2c1. The normalized spacial score (nSPS) is 18.1. The van der Waals surface area contributed by atoms with E-state index in [0.717, 1.165) is 22.2 Å². The maximum absolute atomic E-state index is 13.4. The number of H-pyrrole nitrogens is 1. The second-order valence-corrected chi connectivity index (χ2v) is 10.0. The number of imidazole rings is 1. The van der Waals surface area contributed by atoms with Gasteiger partial charge in [-0.3, -0.25) is 14.5 Å². The van der Waals surface area contributed by atoms with E-state index in [1.54, 1.807) is 12.1 Å². The standard InChI is InChI=1S/C28H27N3O4/c1-15-8-11-19-20(13-15)30-27(29-19)31-23(21-7-6-12-35-21)22(25(33)26(31)34)24(32)18-14-17(28(3,4)5)10-9-16(18)2/h6-14,23,32H,1-5H3,(H,29,30)/b24-22+. The molecule has 1 aliphatic rings. The zero-order valence-corrected chi connectivity index (χ0v) is 20.3. The number of amides is 1. The molecule has 1 saturated heterocycles.